The van der Waals surface area contributed by atoms with Gasteiger partial charge in [-0.25, -0.2) is 9.97 Å². The molecule has 1 aliphatic heterocycles. The molecular formula is C9H11BrN4OS. The molecule has 1 aromatic heterocycles. The third-order valence-corrected chi connectivity index (χ3v) is 2.95. The number of nitrogens with zero attached hydrogens (tertiary/aromatic N) is 3. The number of thiocarbonyl (C=S) groups is 1. The van der Waals surface area contributed by atoms with Gasteiger partial charge in [0, 0.05) is 18.9 Å². The van der Waals surface area contributed by atoms with Gasteiger partial charge in [-0.2, -0.15) is 0 Å². The first-order valence-electron chi connectivity index (χ1n) is 4.80. The Kier molecular flexibility index (Phi) is 3.67. The fraction of sp³-hybridized carbons (Fsp3) is 0.444. The summed E-state index contributed by atoms with van der Waals surface area (Å²) in [6.45, 7) is 1.94. The third kappa shape index (κ3) is 2.66. The van der Waals surface area contributed by atoms with Gasteiger partial charge in [-0.1, -0.05) is 12.2 Å². The van der Waals surface area contributed by atoms with Crippen LogP contribution in [0.5, 0.6) is 0 Å². The Bertz CT molecular complexity index is 386. The highest BCUT2D eigenvalue weighted by Crippen LogP contribution is 2.14. The zero-order valence-electron chi connectivity index (χ0n) is 8.47. The highest BCUT2D eigenvalue weighted by molar-refractivity contribution is 9.10. The Hall–Kier alpha value is -0.790. The van der Waals surface area contributed by atoms with Gasteiger partial charge in [-0.05, 0) is 15.9 Å². The Balaban J connectivity index is 2.09. The molecule has 16 heavy (non-hydrogen) atoms. The first kappa shape index (κ1) is 11.7. The Morgan fingerprint density at radius 3 is 2.88 bits per heavy atom. The van der Waals surface area contributed by atoms with Crippen LogP contribution in [0.1, 0.15) is 0 Å². The zero-order chi connectivity index (χ0) is 11.5. The minimum atomic E-state index is -0.212. The third-order valence-electron chi connectivity index (χ3n) is 2.27. The quantitative estimate of drug-likeness (QED) is 0.813. The molecule has 0 aromatic carbocycles. The lowest BCUT2D eigenvalue weighted by atomic mass is 10.3. The van der Waals surface area contributed by atoms with E-state index >= 15 is 0 Å². The average Bonchev–Trinajstić information content (AvgIpc) is 2.30. The first-order chi connectivity index (χ1) is 7.66. The maximum absolute atomic E-state index is 5.56. The monoisotopic (exact) mass is 302 g/mol. The maximum Gasteiger partial charge on any atom is 0.225 e. The van der Waals surface area contributed by atoms with Gasteiger partial charge in [-0.15, -0.1) is 0 Å². The Labute approximate surface area is 107 Å². The SMILES string of the molecule is NC(=S)C1CN(c2ncc(Br)cn2)CCO1. The standard InChI is InChI=1S/C9H11BrN4OS/c10-6-3-12-9(13-4-6)14-1-2-15-7(5-14)8(11)16/h3-4,7H,1-2,5H2,(H2,11,16). The lowest BCUT2D eigenvalue weighted by Crippen LogP contribution is -2.48. The predicted molar refractivity (Wildman–Crippen MR) is 68.5 cm³/mol. The highest BCUT2D eigenvalue weighted by atomic mass is 79.9. The van der Waals surface area contributed by atoms with Crippen LogP contribution in [-0.2, 0) is 4.74 Å². The van der Waals surface area contributed by atoms with Crippen molar-refractivity contribution in [1.82, 2.24) is 9.97 Å². The number of nitrogens with two attached hydrogens (primary N) is 1. The molecule has 0 amide bonds. The van der Waals surface area contributed by atoms with Crippen LogP contribution in [0.3, 0.4) is 0 Å². The number of aromatic nitrogens is 2. The average molecular weight is 303 g/mol. The number of ether oxygens (including phenoxy) is 1. The van der Waals surface area contributed by atoms with E-state index in [9.17, 15) is 0 Å². The van der Waals surface area contributed by atoms with Gasteiger partial charge in [0.2, 0.25) is 5.95 Å². The number of hydrogen-bond acceptors (Lipinski definition) is 5. The lowest BCUT2D eigenvalue weighted by Gasteiger charge is -2.32. The summed E-state index contributed by atoms with van der Waals surface area (Å²) < 4.78 is 6.30. The van der Waals surface area contributed by atoms with Crippen LogP contribution in [0.15, 0.2) is 16.9 Å². The number of anilines is 1. The van der Waals surface area contributed by atoms with Crippen LogP contribution in [-0.4, -0.2) is 40.8 Å². The number of hydrogen-bond donors (Lipinski definition) is 1. The second-order valence-corrected chi connectivity index (χ2v) is 4.80. The molecule has 1 unspecified atom stereocenters. The van der Waals surface area contributed by atoms with E-state index in [-0.39, 0.29) is 6.10 Å². The lowest BCUT2D eigenvalue weighted by molar-refractivity contribution is 0.0840. The van der Waals surface area contributed by atoms with Crippen LogP contribution in [0, 0.1) is 0 Å². The van der Waals surface area contributed by atoms with Crippen LogP contribution in [0.25, 0.3) is 0 Å². The molecule has 1 atom stereocenters. The molecule has 0 saturated carbocycles. The molecule has 0 radical (unpaired) electrons. The molecule has 2 rings (SSSR count). The summed E-state index contributed by atoms with van der Waals surface area (Å²) in [5.74, 6) is 0.674. The summed E-state index contributed by atoms with van der Waals surface area (Å²) in [4.78, 5) is 10.8. The van der Waals surface area contributed by atoms with Gasteiger partial charge in [0.15, 0.2) is 0 Å². The van der Waals surface area contributed by atoms with E-state index in [2.05, 4.69) is 25.9 Å². The molecule has 1 fully saturated rings. The summed E-state index contributed by atoms with van der Waals surface area (Å²) in [6.07, 6.45) is 3.22. The van der Waals surface area contributed by atoms with Crippen molar-refractivity contribution >= 4 is 39.1 Å². The number of rotatable bonds is 2. The fourth-order valence-corrected chi connectivity index (χ4v) is 1.82. The van der Waals surface area contributed by atoms with E-state index in [1.807, 2.05) is 4.90 Å². The summed E-state index contributed by atoms with van der Waals surface area (Å²) >= 11 is 8.21. The first-order valence-corrected chi connectivity index (χ1v) is 6.00. The van der Waals surface area contributed by atoms with E-state index in [4.69, 9.17) is 22.7 Å². The summed E-state index contributed by atoms with van der Waals surface area (Å²) in [5, 5.41) is 0. The molecule has 1 saturated heterocycles. The summed E-state index contributed by atoms with van der Waals surface area (Å²) in [5.41, 5.74) is 5.56. The van der Waals surface area contributed by atoms with Crippen LogP contribution in [0.2, 0.25) is 0 Å². The van der Waals surface area contributed by atoms with Crippen molar-refractivity contribution in [3.05, 3.63) is 16.9 Å². The van der Waals surface area contributed by atoms with Gasteiger partial charge in [0.25, 0.3) is 0 Å². The predicted octanol–water partition coefficient (Wildman–Crippen LogP) is 0.730. The molecular weight excluding hydrogens is 292 g/mol. The molecule has 1 aromatic rings. The number of morpholine rings is 1. The molecule has 86 valence electrons. The molecule has 5 nitrogen and oxygen atoms in total. The van der Waals surface area contributed by atoms with Crippen molar-refractivity contribution in [2.75, 3.05) is 24.6 Å². The van der Waals surface area contributed by atoms with Gasteiger partial charge >= 0.3 is 0 Å². The molecule has 2 heterocycles. The summed E-state index contributed by atoms with van der Waals surface area (Å²) in [6, 6.07) is 0. The van der Waals surface area contributed by atoms with Gasteiger partial charge in [0.05, 0.1) is 17.6 Å². The summed E-state index contributed by atoms with van der Waals surface area (Å²) in [7, 11) is 0. The van der Waals surface area contributed by atoms with E-state index in [1.54, 1.807) is 12.4 Å². The van der Waals surface area contributed by atoms with Gasteiger partial charge < -0.3 is 15.4 Å². The van der Waals surface area contributed by atoms with E-state index < -0.39 is 0 Å². The van der Waals surface area contributed by atoms with Crippen molar-refractivity contribution in [3.63, 3.8) is 0 Å². The molecule has 1 aliphatic rings. The maximum atomic E-state index is 5.56. The number of halogens is 1. The van der Waals surface area contributed by atoms with Crippen molar-refractivity contribution in [2.45, 2.75) is 6.10 Å². The largest absolute Gasteiger partial charge is 0.391 e. The molecule has 2 N–H and O–H groups in total. The Morgan fingerprint density at radius 1 is 1.56 bits per heavy atom. The van der Waals surface area contributed by atoms with Crippen molar-refractivity contribution in [3.8, 4) is 0 Å². The fourth-order valence-electron chi connectivity index (χ4n) is 1.47. The minimum Gasteiger partial charge on any atom is -0.391 e. The normalized spacial score (nSPS) is 20.8. The van der Waals surface area contributed by atoms with Gasteiger partial charge in [-0.3, -0.25) is 0 Å². The molecule has 0 spiro atoms. The molecule has 0 bridgehead atoms. The Morgan fingerprint density at radius 2 is 2.25 bits per heavy atom. The van der Waals surface area contributed by atoms with Crippen LogP contribution < -0.4 is 10.6 Å². The van der Waals surface area contributed by atoms with Gasteiger partial charge in [0.1, 0.15) is 11.1 Å². The molecule has 7 heteroatoms. The van der Waals surface area contributed by atoms with Crippen LogP contribution in [0.4, 0.5) is 5.95 Å². The smallest absolute Gasteiger partial charge is 0.225 e. The van der Waals surface area contributed by atoms with E-state index in [1.165, 1.54) is 0 Å². The van der Waals surface area contributed by atoms with Crippen molar-refractivity contribution in [2.24, 2.45) is 5.73 Å². The van der Waals surface area contributed by atoms with E-state index in [0.29, 0.717) is 24.1 Å². The van der Waals surface area contributed by atoms with E-state index in [0.717, 1.165) is 11.0 Å². The van der Waals surface area contributed by atoms with Crippen molar-refractivity contribution in [1.29, 1.82) is 0 Å². The van der Waals surface area contributed by atoms with Crippen molar-refractivity contribution < 1.29 is 4.74 Å². The topological polar surface area (TPSA) is 64.3 Å². The molecule has 0 aliphatic carbocycles. The zero-order valence-corrected chi connectivity index (χ0v) is 10.9. The second-order valence-electron chi connectivity index (χ2n) is 3.41. The van der Waals surface area contributed by atoms with Crippen LogP contribution >= 0.6 is 28.1 Å². The minimum absolute atomic E-state index is 0.212. The highest BCUT2D eigenvalue weighted by Gasteiger charge is 2.23. The second kappa shape index (κ2) is 5.03.